The summed E-state index contributed by atoms with van der Waals surface area (Å²) in [5.74, 6) is 3.59. The summed E-state index contributed by atoms with van der Waals surface area (Å²) in [6, 6.07) is 0. The summed E-state index contributed by atoms with van der Waals surface area (Å²) in [5, 5.41) is 9.60. The average Bonchev–Trinajstić information content (AvgIpc) is 2.03. The molecule has 4 rings (SSSR count). The number of aliphatic hydroxyl groups excluding tert-OH is 1. The summed E-state index contributed by atoms with van der Waals surface area (Å²) >= 11 is 0. The third-order valence-electron chi connectivity index (χ3n) is 4.10. The van der Waals surface area contributed by atoms with Gasteiger partial charge in [-0.25, -0.2) is 0 Å². The molecular weight excluding hydrogens is 124 g/mol. The fraction of sp³-hybridized carbons (Fsp3) is 1.00. The smallest absolute Gasteiger partial charge is 0.0573 e. The molecule has 10 heavy (non-hydrogen) atoms. The first-order chi connectivity index (χ1) is 4.84. The minimum Gasteiger partial charge on any atom is -0.393 e. The SMILES string of the molecule is OC1C[C@@H]2C[C@H]1C1CC2C1. The fourth-order valence-electron chi connectivity index (χ4n) is 3.42. The summed E-state index contributed by atoms with van der Waals surface area (Å²) in [7, 11) is 0. The van der Waals surface area contributed by atoms with E-state index in [2.05, 4.69) is 0 Å². The number of hydrogen-bond donors (Lipinski definition) is 1. The van der Waals surface area contributed by atoms with Crippen molar-refractivity contribution >= 4 is 0 Å². The molecule has 3 atom stereocenters. The lowest BCUT2D eigenvalue weighted by molar-refractivity contribution is 0.0107. The summed E-state index contributed by atoms with van der Waals surface area (Å²) in [6.07, 6.45) is 5.48. The van der Waals surface area contributed by atoms with E-state index in [1.807, 2.05) is 0 Å². The second-order valence-corrected chi connectivity index (χ2v) is 4.45. The van der Waals surface area contributed by atoms with E-state index in [1.54, 1.807) is 0 Å². The van der Waals surface area contributed by atoms with Gasteiger partial charge in [0.05, 0.1) is 6.10 Å². The van der Waals surface area contributed by atoms with Crippen LogP contribution >= 0.6 is 0 Å². The third-order valence-corrected chi connectivity index (χ3v) is 4.10. The van der Waals surface area contributed by atoms with Crippen molar-refractivity contribution in [1.29, 1.82) is 0 Å². The van der Waals surface area contributed by atoms with E-state index in [4.69, 9.17) is 0 Å². The molecule has 1 nitrogen and oxygen atoms in total. The zero-order chi connectivity index (χ0) is 6.72. The van der Waals surface area contributed by atoms with Gasteiger partial charge in [-0.05, 0) is 49.4 Å². The molecule has 0 amide bonds. The predicted molar refractivity (Wildman–Crippen MR) is 38.4 cm³/mol. The lowest BCUT2D eigenvalue weighted by Crippen LogP contribution is -2.38. The Kier molecular flexibility index (Phi) is 0.883. The van der Waals surface area contributed by atoms with E-state index < -0.39 is 0 Å². The quantitative estimate of drug-likeness (QED) is 0.536. The maximum absolute atomic E-state index is 9.60. The number of rotatable bonds is 0. The standard InChI is InChI=1S/C9H14O/c10-9-4-6-3-8(9)7-1-5(6)2-7/h5-10H,1-4H2/t5?,6-,7?,8-,9?/m0/s1. The predicted octanol–water partition coefficient (Wildman–Crippen LogP) is 1.41. The summed E-state index contributed by atoms with van der Waals surface area (Å²) in [5.41, 5.74) is 0. The molecule has 1 unspecified atom stereocenters. The van der Waals surface area contributed by atoms with Gasteiger partial charge in [0.25, 0.3) is 0 Å². The largest absolute Gasteiger partial charge is 0.393 e. The van der Waals surface area contributed by atoms with Crippen molar-refractivity contribution in [3.8, 4) is 0 Å². The Balaban J connectivity index is 1.94. The Bertz CT molecular complexity index is 156. The molecule has 0 aromatic heterocycles. The van der Waals surface area contributed by atoms with Crippen LogP contribution in [0, 0.1) is 23.7 Å². The van der Waals surface area contributed by atoms with E-state index in [0.717, 1.165) is 30.1 Å². The van der Waals surface area contributed by atoms with E-state index in [9.17, 15) is 5.11 Å². The van der Waals surface area contributed by atoms with Crippen LogP contribution in [0.2, 0.25) is 0 Å². The van der Waals surface area contributed by atoms with Crippen molar-refractivity contribution in [1.82, 2.24) is 0 Å². The van der Waals surface area contributed by atoms with Crippen LogP contribution in [0.25, 0.3) is 0 Å². The Morgan fingerprint density at radius 2 is 1.50 bits per heavy atom. The Morgan fingerprint density at radius 1 is 0.800 bits per heavy atom. The Labute approximate surface area is 61.4 Å². The zero-order valence-corrected chi connectivity index (χ0v) is 6.16. The Hall–Kier alpha value is -0.0400. The van der Waals surface area contributed by atoms with Gasteiger partial charge in [0.2, 0.25) is 0 Å². The molecule has 1 heteroatoms. The molecule has 56 valence electrons. The normalized spacial score (nSPS) is 63.9. The van der Waals surface area contributed by atoms with E-state index >= 15 is 0 Å². The maximum Gasteiger partial charge on any atom is 0.0573 e. The molecule has 4 aliphatic carbocycles. The van der Waals surface area contributed by atoms with Crippen molar-refractivity contribution in [2.24, 2.45) is 23.7 Å². The van der Waals surface area contributed by atoms with Gasteiger partial charge in [0.15, 0.2) is 0 Å². The molecule has 4 fully saturated rings. The van der Waals surface area contributed by atoms with Crippen LogP contribution < -0.4 is 0 Å². The van der Waals surface area contributed by atoms with Gasteiger partial charge >= 0.3 is 0 Å². The first-order valence-corrected chi connectivity index (χ1v) is 4.52. The molecule has 0 radical (unpaired) electrons. The minimum absolute atomic E-state index is 0.0856. The van der Waals surface area contributed by atoms with Gasteiger partial charge in [0.1, 0.15) is 0 Å². The van der Waals surface area contributed by atoms with Gasteiger partial charge in [-0.2, -0.15) is 0 Å². The fourth-order valence-corrected chi connectivity index (χ4v) is 3.42. The second kappa shape index (κ2) is 1.58. The maximum atomic E-state index is 9.60. The van der Waals surface area contributed by atoms with Crippen molar-refractivity contribution < 1.29 is 5.11 Å². The first kappa shape index (κ1) is 5.59. The zero-order valence-electron chi connectivity index (χ0n) is 6.16. The van der Waals surface area contributed by atoms with Crippen LogP contribution in [-0.4, -0.2) is 11.2 Å². The van der Waals surface area contributed by atoms with Gasteiger partial charge < -0.3 is 5.11 Å². The number of hydrogen-bond acceptors (Lipinski definition) is 1. The minimum atomic E-state index is 0.0856. The van der Waals surface area contributed by atoms with Crippen LogP contribution in [0.15, 0.2) is 0 Å². The van der Waals surface area contributed by atoms with Gasteiger partial charge in [0, 0.05) is 0 Å². The van der Waals surface area contributed by atoms with Crippen molar-refractivity contribution in [3.63, 3.8) is 0 Å². The molecule has 4 bridgehead atoms. The molecule has 4 aliphatic rings. The van der Waals surface area contributed by atoms with Gasteiger partial charge in [-0.1, -0.05) is 0 Å². The van der Waals surface area contributed by atoms with Crippen LogP contribution in [0.3, 0.4) is 0 Å². The lowest BCUT2D eigenvalue weighted by Gasteiger charge is -2.46. The summed E-state index contributed by atoms with van der Waals surface area (Å²) in [6.45, 7) is 0. The summed E-state index contributed by atoms with van der Waals surface area (Å²) < 4.78 is 0. The average molecular weight is 138 g/mol. The Morgan fingerprint density at radius 3 is 2.10 bits per heavy atom. The molecule has 0 saturated heterocycles. The van der Waals surface area contributed by atoms with Crippen molar-refractivity contribution in [2.45, 2.75) is 31.8 Å². The molecular formula is C9H14O. The number of aliphatic hydroxyl groups is 1. The lowest BCUT2D eigenvalue weighted by atomic mass is 9.59. The van der Waals surface area contributed by atoms with Crippen LogP contribution in [-0.2, 0) is 0 Å². The monoisotopic (exact) mass is 138 g/mol. The molecule has 0 heterocycles. The highest BCUT2D eigenvalue weighted by molar-refractivity contribution is 5.03. The van der Waals surface area contributed by atoms with Crippen molar-refractivity contribution in [3.05, 3.63) is 0 Å². The van der Waals surface area contributed by atoms with Crippen LogP contribution in [0.4, 0.5) is 0 Å². The first-order valence-electron chi connectivity index (χ1n) is 4.52. The van der Waals surface area contributed by atoms with E-state index in [1.165, 1.54) is 19.3 Å². The molecule has 1 N–H and O–H groups in total. The van der Waals surface area contributed by atoms with Crippen LogP contribution in [0.5, 0.6) is 0 Å². The van der Waals surface area contributed by atoms with E-state index in [-0.39, 0.29) is 6.10 Å². The highest BCUT2D eigenvalue weighted by Crippen LogP contribution is 2.59. The molecule has 4 saturated carbocycles. The molecule has 0 aliphatic heterocycles. The van der Waals surface area contributed by atoms with Gasteiger partial charge in [-0.15, -0.1) is 0 Å². The highest BCUT2D eigenvalue weighted by atomic mass is 16.3. The van der Waals surface area contributed by atoms with E-state index in [0.29, 0.717) is 0 Å². The topological polar surface area (TPSA) is 20.2 Å². The molecule has 0 aromatic carbocycles. The molecule has 0 spiro atoms. The summed E-state index contributed by atoms with van der Waals surface area (Å²) in [4.78, 5) is 0. The second-order valence-electron chi connectivity index (χ2n) is 4.45. The third kappa shape index (κ3) is 0.493. The molecule has 0 aromatic rings. The highest BCUT2D eigenvalue weighted by Gasteiger charge is 2.53. The van der Waals surface area contributed by atoms with Gasteiger partial charge in [-0.3, -0.25) is 0 Å². The van der Waals surface area contributed by atoms with Crippen LogP contribution in [0.1, 0.15) is 25.7 Å². The van der Waals surface area contributed by atoms with Crippen molar-refractivity contribution in [2.75, 3.05) is 0 Å².